The summed E-state index contributed by atoms with van der Waals surface area (Å²) >= 11 is 7.38. The molecule has 0 aliphatic carbocycles. The van der Waals surface area contributed by atoms with Crippen molar-refractivity contribution in [3.63, 3.8) is 0 Å². The van der Waals surface area contributed by atoms with Crippen molar-refractivity contribution in [3.05, 3.63) is 70.5 Å². The van der Waals surface area contributed by atoms with E-state index in [2.05, 4.69) is 20.8 Å². The second-order valence-electron chi connectivity index (χ2n) is 6.92. The molecule has 2 N–H and O–H groups in total. The molecule has 1 heterocycles. The van der Waals surface area contributed by atoms with Gasteiger partial charge in [0.25, 0.3) is 5.91 Å². The highest BCUT2D eigenvalue weighted by Gasteiger charge is 2.20. The van der Waals surface area contributed by atoms with Gasteiger partial charge >= 0.3 is 0 Å². The van der Waals surface area contributed by atoms with Gasteiger partial charge in [-0.05, 0) is 37.1 Å². The molecule has 0 saturated carbocycles. The van der Waals surface area contributed by atoms with Gasteiger partial charge in [-0.3, -0.25) is 9.59 Å². The molecule has 162 valence electrons. The van der Waals surface area contributed by atoms with Gasteiger partial charge in [0.2, 0.25) is 5.91 Å². The Morgan fingerprint density at radius 2 is 1.84 bits per heavy atom. The van der Waals surface area contributed by atoms with Gasteiger partial charge in [-0.25, -0.2) is 0 Å². The number of carbonyl (C=O) groups is 2. The van der Waals surface area contributed by atoms with Crippen LogP contribution < -0.4 is 10.6 Å². The minimum Gasteiger partial charge on any atom is -0.342 e. The lowest BCUT2D eigenvalue weighted by atomic mass is 10.1. The van der Waals surface area contributed by atoms with E-state index in [9.17, 15) is 9.59 Å². The lowest BCUT2D eigenvalue weighted by Crippen LogP contribution is -2.28. The minimum absolute atomic E-state index is 0.115. The van der Waals surface area contributed by atoms with Crippen molar-refractivity contribution in [2.24, 2.45) is 7.05 Å². The van der Waals surface area contributed by atoms with E-state index in [0.29, 0.717) is 21.6 Å². The Balaban J connectivity index is 1.60. The highest BCUT2D eigenvalue weighted by atomic mass is 35.5. The molecule has 2 amide bonds. The summed E-state index contributed by atoms with van der Waals surface area (Å²) in [5.41, 5.74) is 2.31. The Labute approximate surface area is 190 Å². The molecule has 3 rings (SSSR count). The molecule has 1 aromatic heterocycles. The summed E-state index contributed by atoms with van der Waals surface area (Å²) in [5.74, 6) is 0.379. The van der Waals surface area contributed by atoms with Crippen LogP contribution in [-0.2, 0) is 18.3 Å². The zero-order chi connectivity index (χ0) is 22.4. The highest BCUT2D eigenvalue weighted by molar-refractivity contribution is 7.99. The maximum Gasteiger partial charge on any atom is 0.253 e. The van der Waals surface area contributed by atoms with Gasteiger partial charge in [0, 0.05) is 12.7 Å². The average Bonchev–Trinajstić information content (AvgIpc) is 3.13. The Morgan fingerprint density at radius 1 is 1.13 bits per heavy atom. The van der Waals surface area contributed by atoms with E-state index in [1.54, 1.807) is 35.9 Å². The van der Waals surface area contributed by atoms with E-state index in [1.807, 2.05) is 38.1 Å². The number of benzene rings is 2. The van der Waals surface area contributed by atoms with Gasteiger partial charge in [-0.1, -0.05) is 60.6 Å². The monoisotopic (exact) mass is 457 g/mol. The number of nitrogens with zero attached hydrogens (tertiary/aromatic N) is 3. The summed E-state index contributed by atoms with van der Waals surface area (Å²) in [5, 5.41) is 15.2. The molecule has 1 atom stereocenters. The van der Waals surface area contributed by atoms with Crippen LogP contribution >= 0.6 is 23.4 Å². The van der Waals surface area contributed by atoms with Crippen LogP contribution in [-0.4, -0.2) is 32.3 Å². The lowest BCUT2D eigenvalue weighted by Gasteiger charge is -2.14. The predicted molar refractivity (Wildman–Crippen MR) is 124 cm³/mol. The number of hydrogen-bond acceptors (Lipinski definition) is 5. The molecule has 2 aromatic carbocycles. The molecule has 0 aliphatic heterocycles. The van der Waals surface area contributed by atoms with Gasteiger partial charge in [-0.15, -0.1) is 10.2 Å². The number of nitrogens with one attached hydrogen (secondary N) is 2. The molecule has 7 nitrogen and oxygen atoms in total. The summed E-state index contributed by atoms with van der Waals surface area (Å²) in [7, 11) is 1.81. The molecular weight excluding hydrogens is 434 g/mol. The summed E-state index contributed by atoms with van der Waals surface area (Å²) in [6.45, 7) is 3.87. The number of amides is 2. The first-order chi connectivity index (χ1) is 14.9. The molecule has 3 aromatic rings. The molecule has 0 fully saturated rings. The van der Waals surface area contributed by atoms with Gasteiger partial charge < -0.3 is 15.2 Å². The van der Waals surface area contributed by atoms with Crippen molar-refractivity contribution < 1.29 is 9.59 Å². The second kappa shape index (κ2) is 10.5. The molecule has 0 unspecified atom stereocenters. The van der Waals surface area contributed by atoms with Gasteiger partial charge in [0.1, 0.15) is 0 Å². The summed E-state index contributed by atoms with van der Waals surface area (Å²) < 4.78 is 1.77. The van der Waals surface area contributed by atoms with Gasteiger partial charge in [0.05, 0.1) is 22.4 Å². The fourth-order valence-corrected chi connectivity index (χ4v) is 4.02. The van der Waals surface area contributed by atoms with Crippen molar-refractivity contribution >= 4 is 40.9 Å². The Bertz CT molecular complexity index is 1090. The van der Waals surface area contributed by atoms with Crippen molar-refractivity contribution in [1.82, 2.24) is 20.1 Å². The SMILES string of the molecule is CCc1ccccc1NC(=O)CSc1nnc([C@H](C)NC(=O)c2ccccc2Cl)n1C. The van der Waals surface area contributed by atoms with E-state index in [0.717, 1.165) is 17.7 Å². The fourth-order valence-electron chi connectivity index (χ4n) is 3.08. The molecule has 0 saturated heterocycles. The molecule has 0 aliphatic rings. The number of aryl methyl sites for hydroxylation is 1. The third kappa shape index (κ3) is 5.65. The highest BCUT2D eigenvalue weighted by Crippen LogP contribution is 2.22. The topological polar surface area (TPSA) is 88.9 Å². The number of thioether (sulfide) groups is 1. The van der Waals surface area contributed by atoms with Crippen molar-refractivity contribution in [2.45, 2.75) is 31.5 Å². The fraction of sp³-hybridized carbons (Fsp3) is 0.273. The van der Waals surface area contributed by atoms with E-state index >= 15 is 0 Å². The maximum atomic E-state index is 12.5. The number of para-hydroxylation sites is 1. The summed E-state index contributed by atoms with van der Waals surface area (Å²) in [6, 6.07) is 14.2. The standard InChI is InChI=1S/C22H24ClN5O2S/c1-4-15-9-5-8-12-18(15)25-19(29)13-31-22-27-26-20(28(22)3)14(2)24-21(30)16-10-6-7-11-17(16)23/h5-12,14H,4,13H2,1-3H3,(H,24,30)(H,25,29)/t14-/m0/s1. The number of hydrogen-bond donors (Lipinski definition) is 2. The third-order valence-corrected chi connectivity index (χ3v) is 6.08. The average molecular weight is 458 g/mol. The van der Waals surface area contributed by atoms with E-state index in [1.165, 1.54) is 11.8 Å². The van der Waals surface area contributed by atoms with Crippen LogP contribution in [0.2, 0.25) is 5.02 Å². The summed E-state index contributed by atoms with van der Waals surface area (Å²) in [4.78, 5) is 24.9. The van der Waals surface area contributed by atoms with Crippen molar-refractivity contribution in [1.29, 1.82) is 0 Å². The normalized spacial score (nSPS) is 11.7. The van der Waals surface area contributed by atoms with Crippen molar-refractivity contribution in [2.75, 3.05) is 11.1 Å². The van der Waals surface area contributed by atoms with E-state index in [-0.39, 0.29) is 23.6 Å². The van der Waals surface area contributed by atoms with Crippen molar-refractivity contribution in [3.8, 4) is 0 Å². The van der Waals surface area contributed by atoms with Gasteiger partial charge in [-0.2, -0.15) is 0 Å². The first-order valence-corrected chi connectivity index (χ1v) is 11.2. The van der Waals surface area contributed by atoms with Crippen LogP contribution in [0.1, 0.15) is 41.6 Å². The number of carbonyl (C=O) groups excluding carboxylic acids is 2. The Kier molecular flexibility index (Phi) is 7.70. The number of anilines is 1. The first-order valence-electron chi connectivity index (χ1n) is 9.86. The van der Waals surface area contributed by atoms with Crippen LogP contribution in [0.4, 0.5) is 5.69 Å². The number of rotatable bonds is 8. The van der Waals surface area contributed by atoms with E-state index < -0.39 is 0 Å². The third-order valence-electron chi connectivity index (χ3n) is 4.73. The van der Waals surface area contributed by atoms with Crippen LogP contribution in [0.3, 0.4) is 0 Å². The molecule has 9 heteroatoms. The Morgan fingerprint density at radius 3 is 2.58 bits per heavy atom. The second-order valence-corrected chi connectivity index (χ2v) is 8.27. The molecule has 0 spiro atoms. The smallest absolute Gasteiger partial charge is 0.253 e. The quantitative estimate of drug-likeness (QED) is 0.493. The lowest BCUT2D eigenvalue weighted by molar-refractivity contribution is -0.113. The number of halogens is 1. The minimum atomic E-state index is -0.388. The van der Waals surface area contributed by atoms with Gasteiger partial charge in [0.15, 0.2) is 11.0 Å². The maximum absolute atomic E-state index is 12.5. The predicted octanol–water partition coefficient (Wildman–Crippen LogP) is 4.25. The van der Waals surface area contributed by atoms with E-state index in [4.69, 9.17) is 11.6 Å². The largest absolute Gasteiger partial charge is 0.342 e. The van der Waals surface area contributed by atoms with Crippen LogP contribution in [0, 0.1) is 0 Å². The molecule has 0 radical (unpaired) electrons. The Hall–Kier alpha value is -2.84. The zero-order valence-electron chi connectivity index (χ0n) is 17.6. The van der Waals surface area contributed by atoms with Crippen LogP contribution in [0.5, 0.6) is 0 Å². The zero-order valence-corrected chi connectivity index (χ0v) is 19.1. The summed E-state index contributed by atoms with van der Waals surface area (Å²) in [6.07, 6.45) is 0.841. The first kappa shape index (κ1) is 22.8. The number of aromatic nitrogens is 3. The van der Waals surface area contributed by atoms with Crippen LogP contribution in [0.25, 0.3) is 0 Å². The molecular formula is C22H24ClN5O2S. The molecule has 31 heavy (non-hydrogen) atoms. The van der Waals surface area contributed by atoms with Crippen LogP contribution in [0.15, 0.2) is 53.7 Å². The molecule has 0 bridgehead atoms.